The lowest BCUT2D eigenvalue weighted by Crippen LogP contribution is -2.18. The van der Waals surface area contributed by atoms with Gasteiger partial charge in [0, 0.05) is 6.61 Å². The quantitative estimate of drug-likeness (QED) is 0.629. The van der Waals surface area contributed by atoms with E-state index < -0.39 is 0 Å². The summed E-state index contributed by atoms with van der Waals surface area (Å²) in [6.07, 6.45) is 5.76. The Hall–Kier alpha value is -0.0400. The third kappa shape index (κ3) is 2.22. The summed E-state index contributed by atoms with van der Waals surface area (Å²) in [5.74, 6) is 1.62. The fraction of sp³-hybridized carbons (Fsp3) is 1.00. The van der Waals surface area contributed by atoms with Crippen LogP contribution in [0.2, 0.25) is 0 Å². The highest BCUT2D eigenvalue weighted by Crippen LogP contribution is 2.32. The molecule has 0 aromatic rings. The van der Waals surface area contributed by atoms with Crippen LogP contribution >= 0.6 is 0 Å². The molecule has 1 heteroatoms. The van der Waals surface area contributed by atoms with Gasteiger partial charge in [-0.25, -0.2) is 0 Å². The topological polar surface area (TPSA) is 9.23 Å². The largest absolute Gasteiger partial charge is 0.378 e. The SMILES string of the molecule is CCCC[C@@H]1OC[C@H](C)C1CC. The first kappa shape index (κ1) is 10.0. The van der Waals surface area contributed by atoms with Crippen molar-refractivity contribution in [3.63, 3.8) is 0 Å². The highest BCUT2D eigenvalue weighted by Gasteiger charge is 2.31. The molecule has 0 saturated carbocycles. The molecule has 0 aromatic carbocycles. The van der Waals surface area contributed by atoms with E-state index in [1.165, 1.54) is 25.7 Å². The van der Waals surface area contributed by atoms with Gasteiger partial charge in [0.2, 0.25) is 0 Å². The van der Waals surface area contributed by atoms with Gasteiger partial charge in [-0.3, -0.25) is 0 Å². The minimum Gasteiger partial charge on any atom is -0.378 e. The Morgan fingerprint density at radius 1 is 1.33 bits per heavy atom. The lowest BCUT2D eigenvalue weighted by atomic mass is 9.88. The van der Waals surface area contributed by atoms with Gasteiger partial charge in [0.25, 0.3) is 0 Å². The van der Waals surface area contributed by atoms with Crippen LogP contribution in [0.3, 0.4) is 0 Å². The molecule has 0 aromatic heterocycles. The van der Waals surface area contributed by atoms with Crippen LogP contribution in [0, 0.1) is 11.8 Å². The predicted molar refractivity (Wildman–Crippen MR) is 52.2 cm³/mol. The number of rotatable bonds is 4. The predicted octanol–water partition coefficient (Wildman–Crippen LogP) is 3.24. The van der Waals surface area contributed by atoms with Crippen LogP contribution < -0.4 is 0 Å². The van der Waals surface area contributed by atoms with Crippen molar-refractivity contribution in [1.82, 2.24) is 0 Å². The van der Waals surface area contributed by atoms with E-state index in [1.807, 2.05) is 0 Å². The van der Waals surface area contributed by atoms with Gasteiger partial charge in [0.05, 0.1) is 6.10 Å². The molecule has 3 atom stereocenters. The first-order valence-corrected chi connectivity index (χ1v) is 5.41. The molecule has 1 saturated heterocycles. The Bertz CT molecular complexity index is 122. The Labute approximate surface area is 76.5 Å². The molecule has 0 amide bonds. The molecule has 12 heavy (non-hydrogen) atoms. The van der Waals surface area contributed by atoms with Crippen molar-refractivity contribution in [3.05, 3.63) is 0 Å². The normalized spacial score (nSPS) is 35.8. The molecule has 0 aliphatic carbocycles. The molecular formula is C11H22O. The number of ether oxygens (including phenoxy) is 1. The van der Waals surface area contributed by atoms with Crippen LogP contribution in [0.4, 0.5) is 0 Å². The minimum absolute atomic E-state index is 0.574. The monoisotopic (exact) mass is 170 g/mol. The van der Waals surface area contributed by atoms with Gasteiger partial charge in [-0.15, -0.1) is 0 Å². The molecule has 72 valence electrons. The second-order valence-electron chi connectivity index (χ2n) is 4.06. The van der Waals surface area contributed by atoms with E-state index in [0.29, 0.717) is 6.10 Å². The lowest BCUT2D eigenvalue weighted by molar-refractivity contribution is 0.0804. The number of hydrogen-bond donors (Lipinski definition) is 0. The van der Waals surface area contributed by atoms with E-state index in [1.54, 1.807) is 0 Å². The zero-order valence-corrected chi connectivity index (χ0v) is 8.68. The molecule has 1 aliphatic rings. The molecule has 1 aliphatic heterocycles. The molecule has 1 fully saturated rings. The van der Waals surface area contributed by atoms with Gasteiger partial charge in [0.1, 0.15) is 0 Å². The molecule has 0 N–H and O–H groups in total. The Morgan fingerprint density at radius 2 is 2.08 bits per heavy atom. The van der Waals surface area contributed by atoms with Gasteiger partial charge in [0.15, 0.2) is 0 Å². The maximum Gasteiger partial charge on any atom is 0.0606 e. The van der Waals surface area contributed by atoms with Gasteiger partial charge in [-0.1, -0.05) is 40.0 Å². The number of unbranched alkanes of at least 4 members (excludes halogenated alkanes) is 1. The van der Waals surface area contributed by atoms with Gasteiger partial charge < -0.3 is 4.74 Å². The van der Waals surface area contributed by atoms with Crippen molar-refractivity contribution in [3.8, 4) is 0 Å². The molecule has 1 nitrogen and oxygen atoms in total. The highest BCUT2D eigenvalue weighted by molar-refractivity contribution is 4.80. The van der Waals surface area contributed by atoms with Crippen molar-refractivity contribution in [2.24, 2.45) is 11.8 Å². The Kier molecular flexibility index (Phi) is 4.07. The van der Waals surface area contributed by atoms with Crippen LogP contribution in [0.5, 0.6) is 0 Å². The van der Waals surface area contributed by atoms with Gasteiger partial charge >= 0.3 is 0 Å². The summed E-state index contributed by atoms with van der Waals surface area (Å²) in [4.78, 5) is 0. The fourth-order valence-corrected chi connectivity index (χ4v) is 2.26. The van der Waals surface area contributed by atoms with Crippen LogP contribution in [-0.2, 0) is 4.74 Å². The molecule has 0 radical (unpaired) electrons. The second kappa shape index (κ2) is 4.86. The molecule has 0 bridgehead atoms. The van der Waals surface area contributed by atoms with Gasteiger partial charge in [-0.2, -0.15) is 0 Å². The Morgan fingerprint density at radius 3 is 2.67 bits per heavy atom. The molecule has 1 rings (SSSR count). The van der Waals surface area contributed by atoms with E-state index in [2.05, 4.69) is 20.8 Å². The van der Waals surface area contributed by atoms with E-state index in [0.717, 1.165) is 18.4 Å². The zero-order chi connectivity index (χ0) is 8.97. The average molecular weight is 170 g/mol. The van der Waals surface area contributed by atoms with E-state index in [4.69, 9.17) is 4.74 Å². The summed E-state index contributed by atoms with van der Waals surface area (Å²) in [7, 11) is 0. The van der Waals surface area contributed by atoms with E-state index in [9.17, 15) is 0 Å². The highest BCUT2D eigenvalue weighted by atomic mass is 16.5. The molecule has 1 unspecified atom stereocenters. The Balaban J connectivity index is 2.32. The summed E-state index contributed by atoms with van der Waals surface area (Å²) in [5.41, 5.74) is 0. The summed E-state index contributed by atoms with van der Waals surface area (Å²) in [6.45, 7) is 7.85. The van der Waals surface area contributed by atoms with Crippen molar-refractivity contribution in [2.75, 3.05) is 6.61 Å². The fourth-order valence-electron chi connectivity index (χ4n) is 2.26. The van der Waals surface area contributed by atoms with Crippen molar-refractivity contribution >= 4 is 0 Å². The summed E-state index contributed by atoms with van der Waals surface area (Å²) in [6, 6.07) is 0. The van der Waals surface area contributed by atoms with E-state index in [-0.39, 0.29) is 0 Å². The van der Waals surface area contributed by atoms with Crippen LogP contribution in [0.25, 0.3) is 0 Å². The third-order valence-electron chi connectivity index (χ3n) is 3.10. The first-order chi connectivity index (χ1) is 5.79. The summed E-state index contributed by atoms with van der Waals surface area (Å²) < 4.78 is 5.77. The van der Waals surface area contributed by atoms with Crippen LogP contribution in [0.1, 0.15) is 46.5 Å². The second-order valence-corrected chi connectivity index (χ2v) is 4.06. The molecule has 1 heterocycles. The van der Waals surface area contributed by atoms with Crippen molar-refractivity contribution in [2.45, 2.75) is 52.6 Å². The van der Waals surface area contributed by atoms with Crippen LogP contribution in [-0.4, -0.2) is 12.7 Å². The van der Waals surface area contributed by atoms with Crippen LogP contribution in [0.15, 0.2) is 0 Å². The molecular weight excluding hydrogens is 148 g/mol. The molecule has 0 spiro atoms. The first-order valence-electron chi connectivity index (χ1n) is 5.41. The average Bonchev–Trinajstić information content (AvgIpc) is 2.43. The maximum absolute atomic E-state index is 5.77. The van der Waals surface area contributed by atoms with Crippen molar-refractivity contribution < 1.29 is 4.74 Å². The standard InChI is InChI=1S/C11H22O/c1-4-6-7-11-10(5-2)9(3)8-12-11/h9-11H,4-8H2,1-3H3/t9-,10?,11-/m0/s1. The number of hydrogen-bond acceptors (Lipinski definition) is 1. The third-order valence-corrected chi connectivity index (χ3v) is 3.10. The minimum atomic E-state index is 0.574. The maximum atomic E-state index is 5.77. The van der Waals surface area contributed by atoms with Crippen molar-refractivity contribution in [1.29, 1.82) is 0 Å². The zero-order valence-electron chi connectivity index (χ0n) is 8.68. The van der Waals surface area contributed by atoms with Gasteiger partial charge in [-0.05, 0) is 18.3 Å². The lowest BCUT2D eigenvalue weighted by Gasteiger charge is -2.18. The summed E-state index contributed by atoms with van der Waals surface area (Å²) >= 11 is 0. The van der Waals surface area contributed by atoms with E-state index >= 15 is 0 Å². The summed E-state index contributed by atoms with van der Waals surface area (Å²) in [5, 5.41) is 0. The smallest absolute Gasteiger partial charge is 0.0606 e.